The first-order chi connectivity index (χ1) is 22.0. The van der Waals surface area contributed by atoms with Gasteiger partial charge in [-0.25, -0.2) is 14.6 Å². The van der Waals surface area contributed by atoms with Crippen LogP contribution in [0.15, 0.2) is 101 Å². The van der Waals surface area contributed by atoms with Crippen LogP contribution in [-0.2, 0) is 44.9 Å². The molecule has 0 radical (unpaired) electrons. The molecule has 10 heteroatoms. The minimum atomic E-state index is -0.469. The third-order valence-corrected chi connectivity index (χ3v) is 7.29. The number of nitrogens with one attached hydrogen (secondary N) is 1. The summed E-state index contributed by atoms with van der Waals surface area (Å²) in [5.41, 5.74) is 3.46. The van der Waals surface area contributed by atoms with E-state index in [0.29, 0.717) is 50.7 Å². The van der Waals surface area contributed by atoms with Crippen LogP contribution in [0.5, 0.6) is 0 Å². The van der Waals surface area contributed by atoms with E-state index in [2.05, 4.69) is 4.98 Å². The lowest BCUT2D eigenvalue weighted by molar-refractivity contribution is -0.139. The smallest absolute Gasteiger partial charge is 0.332 e. The van der Waals surface area contributed by atoms with Crippen molar-refractivity contribution in [3.63, 3.8) is 0 Å². The molecule has 0 aliphatic carbocycles. The third-order valence-electron chi connectivity index (χ3n) is 7.29. The van der Waals surface area contributed by atoms with Gasteiger partial charge in [-0.1, -0.05) is 84.9 Å². The first kappa shape index (κ1) is 31.4. The lowest BCUT2D eigenvalue weighted by atomic mass is 10.1. The molecule has 10 nitrogen and oxygen atoms in total. The van der Waals surface area contributed by atoms with Crippen LogP contribution >= 0.6 is 0 Å². The molecule has 2 heterocycles. The van der Waals surface area contributed by atoms with E-state index in [-0.39, 0.29) is 24.4 Å². The number of aromatic nitrogens is 4. The highest BCUT2D eigenvalue weighted by Gasteiger charge is 2.18. The molecule has 45 heavy (non-hydrogen) atoms. The van der Waals surface area contributed by atoms with Gasteiger partial charge in [0.05, 0.1) is 19.8 Å². The van der Waals surface area contributed by atoms with Crippen LogP contribution in [0, 0.1) is 0 Å². The fourth-order valence-electron chi connectivity index (χ4n) is 4.88. The van der Waals surface area contributed by atoms with E-state index in [1.54, 1.807) is 17.8 Å². The van der Waals surface area contributed by atoms with Gasteiger partial charge in [-0.05, 0) is 35.6 Å². The predicted molar refractivity (Wildman–Crippen MR) is 173 cm³/mol. The van der Waals surface area contributed by atoms with Crippen LogP contribution in [-0.4, -0.2) is 58.6 Å². The maximum Gasteiger partial charge on any atom is 0.332 e. The fraction of sp³-hybridized carbons (Fsp3) is 0.257. The molecule has 2 aromatic heterocycles. The molecular weight excluding hydrogens is 572 g/mol. The van der Waals surface area contributed by atoms with E-state index >= 15 is 0 Å². The van der Waals surface area contributed by atoms with Crippen LogP contribution < -0.4 is 11.2 Å². The molecule has 0 fully saturated rings. The zero-order chi connectivity index (χ0) is 31.4. The topological polar surface area (TPSA) is 117 Å². The maximum absolute atomic E-state index is 13.7. The van der Waals surface area contributed by atoms with Crippen LogP contribution in [0.4, 0.5) is 0 Å². The highest BCUT2D eigenvalue weighted by Crippen LogP contribution is 2.20. The van der Waals surface area contributed by atoms with Crippen molar-refractivity contribution in [1.82, 2.24) is 19.1 Å². The standard InChI is InChI=1S/C35H36N4O6/c1-43-22-23-44-24-25-45-30(40)17-14-28-12-15-29(16-13-28)32-36-31-33(37-32)38(20-18-26-8-4-2-5-9-26)35(42)39(34(31)41)21-19-27-10-6-3-7-11-27/h2-17H,18-25H2,1H3,(H,36,37)/b17-14+. The van der Waals surface area contributed by atoms with Crippen molar-refractivity contribution in [2.75, 3.05) is 33.5 Å². The van der Waals surface area contributed by atoms with Crippen LogP contribution in [0.1, 0.15) is 16.7 Å². The van der Waals surface area contributed by atoms with Crippen molar-refractivity contribution in [1.29, 1.82) is 0 Å². The van der Waals surface area contributed by atoms with Crippen molar-refractivity contribution in [3.8, 4) is 11.4 Å². The Balaban J connectivity index is 1.36. The van der Waals surface area contributed by atoms with Gasteiger partial charge in [0.15, 0.2) is 5.65 Å². The molecule has 0 saturated carbocycles. The number of hydrogen-bond donors (Lipinski definition) is 1. The Bertz CT molecular complexity index is 1840. The quantitative estimate of drug-likeness (QED) is 0.107. The Labute approximate surface area is 260 Å². The molecule has 5 aromatic rings. The number of imidazole rings is 1. The second-order valence-corrected chi connectivity index (χ2v) is 10.4. The number of aryl methyl sites for hydroxylation is 3. The number of hydrogen-bond acceptors (Lipinski definition) is 7. The van der Waals surface area contributed by atoms with E-state index in [1.807, 2.05) is 84.9 Å². The van der Waals surface area contributed by atoms with Gasteiger partial charge < -0.3 is 19.2 Å². The summed E-state index contributed by atoms with van der Waals surface area (Å²) in [6.45, 7) is 2.00. The summed E-state index contributed by atoms with van der Waals surface area (Å²) in [5, 5.41) is 0. The number of benzene rings is 3. The van der Waals surface area contributed by atoms with Gasteiger partial charge in [-0.3, -0.25) is 13.9 Å². The summed E-state index contributed by atoms with van der Waals surface area (Å²) in [6, 6.07) is 27.0. The largest absolute Gasteiger partial charge is 0.460 e. The van der Waals surface area contributed by atoms with Crippen molar-refractivity contribution in [3.05, 3.63) is 129 Å². The Hall–Kier alpha value is -5.06. The van der Waals surface area contributed by atoms with E-state index in [0.717, 1.165) is 22.3 Å². The summed E-state index contributed by atoms with van der Waals surface area (Å²) < 4.78 is 18.2. The predicted octanol–water partition coefficient (Wildman–Crippen LogP) is 4.26. The van der Waals surface area contributed by atoms with Gasteiger partial charge in [-0.2, -0.15) is 0 Å². The number of aromatic amines is 1. The SMILES string of the molecule is COCCOCCOC(=O)/C=C/c1ccc(-c2nc3c([nH]2)c(=O)n(CCc2ccccc2)c(=O)n3CCc2ccccc2)cc1. The number of fused-ring (bicyclic) bond motifs is 1. The average Bonchev–Trinajstić information content (AvgIpc) is 3.52. The Morgan fingerprint density at radius 3 is 2.07 bits per heavy atom. The monoisotopic (exact) mass is 608 g/mol. The first-order valence-electron chi connectivity index (χ1n) is 14.9. The molecule has 0 unspecified atom stereocenters. The Kier molecular flexibility index (Phi) is 10.9. The van der Waals surface area contributed by atoms with E-state index < -0.39 is 11.5 Å². The number of nitrogens with zero attached hydrogens (tertiary/aromatic N) is 3. The molecule has 232 valence electrons. The summed E-state index contributed by atoms with van der Waals surface area (Å²) >= 11 is 0. The zero-order valence-corrected chi connectivity index (χ0v) is 25.2. The Morgan fingerprint density at radius 2 is 1.42 bits per heavy atom. The third kappa shape index (κ3) is 8.31. The summed E-state index contributed by atoms with van der Waals surface area (Å²) in [7, 11) is 1.59. The molecule has 0 saturated heterocycles. The minimum Gasteiger partial charge on any atom is -0.460 e. The molecule has 1 N–H and O–H groups in total. The number of rotatable bonds is 15. The lowest BCUT2D eigenvalue weighted by Gasteiger charge is -2.11. The number of H-pyrrole nitrogens is 1. The van der Waals surface area contributed by atoms with E-state index in [1.165, 1.54) is 10.6 Å². The van der Waals surface area contributed by atoms with Gasteiger partial charge in [0.1, 0.15) is 17.9 Å². The van der Waals surface area contributed by atoms with Crippen molar-refractivity contribution in [2.24, 2.45) is 0 Å². The van der Waals surface area contributed by atoms with E-state index in [9.17, 15) is 14.4 Å². The Morgan fingerprint density at radius 1 is 0.800 bits per heavy atom. The van der Waals surface area contributed by atoms with Gasteiger partial charge in [0, 0.05) is 31.8 Å². The second-order valence-electron chi connectivity index (χ2n) is 10.4. The number of esters is 1. The molecule has 0 aliphatic rings. The van der Waals surface area contributed by atoms with E-state index in [4.69, 9.17) is 19.2 Å². The highest BCUT2D eigenvalue weighted by molar-refractivity contribution is 5.87. The molecule has 0 aliphatic heterocycles. The molecule has 3 aromatic carbocycles. The summed E-state index contributed by atoms with van der Waals surface area (Å²) in [4.78, 5) is 47.2. The van der Waals surface area contributed by atoms with Crippen LogP contribution in [0.2, 0.25) is 0 Å². The average molecular weight is 609 g/mol. The molecule has 0 bridgehead atoms. The molecular formula is C35H36N4O6. The van der Waals surface area contributed by atoms with Crippen LogP contribution in [0.3, 0.4) is 0 Å². The van der Waals surface area contributed by atoms with Crippen molar-refractivity contribution >= 4 is 23.2 Å². The molecule has 0 amide bonds. The highest BCUT2D eigenvalue weighted by atomic mass is 16.6. The summed E-state index contributed by atoms with van der Waals surface area (Å²) in [6.07, 6.45) is 4.17. The summed E-state index contributed by atoms with van der Waals surface area (Å²) in [5.74, 6) is 0.00269. The van der Waals surface area contributed by atoms with Gasteiger partial charge in [0.25, 0.3) is 5.56 Å². The normalized spacial score (nSPS) is 11.4. The number of carbonyl (C=O) groups is 1. The second kappa shape index (κ2) is 15.6. The molecule has 0 atom stereocenters. The van der Waals surface area contributed by atoms with Gasteiger partial charge in [-0.15, -0.1) is 0 Å². The minimum absolute atomic E-state index is 0.155. The zero-order valence-electron chi connectivity index (χ0n) is 25.2. The maximum atomic E-state index is 13.7. The van der Waals surface area contributed by atoms with Gasteiger partial charge in [0.2, 0.25) is 0 Å². The van der Waals surface area contributed by atoms with Crippen molar-refractivity contribution < 1.29 is 19.0 Å². The first-order valence-corrected chi connectivity index (χ1v) is 14.9. The molecule has 0 spiro atoms. The van der Waals surface area contributed by atoms with Crippen molar-refractivity contribution in [2.45, 2.75) is 25.9 Å². The van der Waals surface area contributed by atoms with Gasteiger partial charge >= 0.3 is 11.7 Å². The lowest BCUT2D eigenvalue weighted by Crippen LogP contribution is -2.41. The number of ether oxygens (including phenoxy) is 3. The number of methoxy groups -OCH3 is 1. The van der Waals surface area contributed by atoms with Crippen LogP contribution in [0.25, 0.3) is 28.6 Å². The fourth-order valence-corrected chi connectivity index (χ4v) is 4.88. The number of carbonyl (C=O) groups excluding carboxylic acids is 1. The molecule has 5 rings (SSSR count).